The average Bonchev–Trinajstić information content (AvgIpc) is 2.46. The molecule has 3 heteroatoms. The minimum atomic E-state index is 0.657. The Hall–Kier alpha value is -0.510. The van der Waals surface area contributed by atoms with Crippen molar-refractivity contribution in [1.82, 2.24) is 10.2 Å². The van der Waals surface area contributed by atoms with Crippen LogP contribution in [0.5, 0.6) is 0 Å². The second-order valence-corrected chi connectivity index (χ2v) is 6.67. The average molecular weight is 295 g/mol. The first-order valence-corrected chi connectivity index (χ1v) is 8.88. The van der Waals surface area contributed by atoms with Crippen LogP contribution in [0.2, 0.25) is 0 Å². The van der Waals surface area contributed by atoms with Crippen LogP contribution in [0.1, 0.15) is 32.3 Å². The highest BCUT2D eigenvalue weighted by molar-refractivity contribution is 7.98. The highest BCUT2D eigenvalue weighted by Crippen LogP contribution is 2.12. The molecule has 0 fully saturated rings. The van der Waals surface area contributed by atoms with Gasteiger partial charge in [0.2, 0.25) is 0 Å². The topological polar surface area (TPSA) is 15.3 Å². The molecule has 0 spiro atoms. The van der Waals surface area contributed by atoms with Crippen molar-refractivity contribution in [2.24, 2.45) is 0 Å². The van der Waals surface area contributed by atoms with E-state index in [1.54, 1.807) is 0 Å². The van der Waals surface area contributed by atoms with E-state index in [1.807, 2.05) is 11.8 Å². The molecule has 0 radical (unpaired) electrons. The molecule has 0 amide bonds. The molecule has 0 aliphatic heterocycles. The first-order valence-electron chi connectivity index (χ1n) is 7.73. The highest BCUT2D eigenvalue weighted by Gasteiger charge is 2.01. The van der Waals surface area contributed by atoms with Crippen LogP contribution in [0, 0.1) is 0 Å². The zero-order chi connectivity index (χ0) is 14.6. The van der Waals surface area contributed by atoms with Crippen LogP contribution in [0.15, 0.2) is 30.3 Å². The van der Waals surface area contributed by atoms with E-state index in [0.29, 0.717) is 6.04 Å². The molecule has 0 saturated heterocycles. The van der Waals surface area contributed by atoms with Gasteiger partial charge >= 0.3 is 0 Å². The van der Waals surface area contributed by atoms with Crippen molar-refractivity contribution in [2.45, 2.75) is 38.5 Å². The molecule has 1 aromatic carbocycles. The van der Waals surface area contributed by atoms with E-state index >= 15 is 0 Å². The first kappa shape index (κ1) is 17.5. The molecule has 114 valence electrons. The van der Waals surface area contributed by atoms with Crippen LogP contribution in [-0.4, -0.2) is 43.4 Å². The molecule has 0 aliphatic carbocycles. The number of benzene rings is 1. The van der Waals surface area contributed by atoms with Gasteiger partial charge in [-0.1, -0.05) is 30.3 Å². The maximum Gasteiger partial charge on any atom is 0.0184 e. The second-order valence-electron chi connectivity index (χ2n) is 5.57. The third-order valence-corrected chi connectivity index (χ3v) is 4.61. The Morgan fingerprint density at radius 1 is 1.10 bits per heavy atom. The van der Waals surface area contributed by atoms with Crippen LogP contribution in [0.3, 0.4) is 0 Å². The Bertz CT molecular complexity index is 327. The number of hydrogen-bond donors (Lipinski definition) is 1. The van der Waals surface area contributed by atoms with Gasteiger partial charge in [0.25, 0.3) is 0 Å². The Morgan fingerprint density at radius 3 is 2.50 bits per heavy atom. The van der Waals surface area contributed by atoms with Crippen LogP contribution in [-0.2, 0) is 5.75 Å². The fourth-order valence-corrected chi connectivity index (χ4v) is 2.82. The summed E-state index contributed by atoms with van der Waals surface area (Å²) in [5, 5.41) is 3.54. The third-order valence-electron chi connectivity index (χ3n) is 3.50. The molecule has 1 N–H and O–H groups in total. The number of thioether (sulfide) groups is 1. The van der Waals surface area contributed by atoms with E-state index in [-0.39, 0.29) is 0 Å². The van der Waals surface area contributed by atoms with Gasteiger partial charge in [-0.2, -0.15) is 11.8 Å². The molecule has 0 atom stereocenters. The third kappa shape index (κ3) is 8.62. The molecule has 1 aromatic rings. The second kappa shape index (κ2) is 11.2. The van der Waals surface area contributed by atoms with Crippen LogP contribution in [0.25, 0.3) is 0 Å². The largest absolute Gasteiger partial charge is 0.317 e. The summed E-state index contributed by atoms with van der Waals surface area (Å²) < 4.78 is 0. The molecule has 0 aliphatic rings. The monoisotopic (exact) mass is 294 g/mol. The van der Waals surface area contributed by atoms with Gasteiger partial charge in [0.15, 0.2) is 0 Å². The summed E-state index contributed by atoms with van der Waals surface area (Å²) in [7, 11) is 2.20. The Labute approximate surface area is 129 Å². The summed E-state index contributed by atoms with van der Waals surface area (Å²) in [6, 6.07) is 11.4. The minimum absolute atomic E-state index is 0.657. The molecule has 0 saturated carbocycles. The summed E-state index contributed by atoms with van der Waals surface area (Å²) in [5.41, 5.74) is 1.43. The standard InChI is InChI=1S/C17H30N2S/c1-16(2)19(3)13-7-11-18-12-8-14-20-15-17-9-5-4-6-10-17/h4-6,9-10,16,18H,7-8,11-15H2,1-3H3. The smallest absolute Gasteiger partial charge is 0.0184 e. The minimum Gasteiger partial charge on any atom is -0.317 e. The Kier molecular flexibility index (Phi) is 9.81. The van der Waals surface area contributed by atoms with Crippen molar-refractivity contribution in [3.63, 3.8) is 0 Å². The number of nitrogens with zero attached hydrogens (tertiary/aromatic N) is 1. The van der Waals surface area contributed by atoms with Gasteiger partial charge in [0, 0.05) is 11.8 Å². The summed E-state index contributed by atoms with van der Waals surface area (Å²) in [4.78, 5) is 2.40. The molecule has 2 nitrogen and oxygen atoms in total. The van der Waals surface area contributed by atoms with Crippen molar-refractivity contribution in [3.05, 3.63) is 35.9 Å². The molecule has 1 rings (SSSR count). The molecule has 20 heavy (non-hydrogen) atoms. The van der Waals surface area contributed by atoms with E-state index in [4.69, 9.17) is 0 Å². The summed E-state index contributed by atoms with van der Waals surface area (Å²) in [5.74, 6) is 2.38. The molecular weight excluding hydrogens is 264 g/mol. The van der Waals surface area contributed by atoms with E-state index in [1.165, 1.54) is 30.7 Å². The lowest BCUT2D eigenvalue weighted by atomic mass is 10.2. The van der Waals surface area contributed by atoms with Gasteiger partial charge in [0.1, 0.15) is 0 Å². The van der Waals surface area contributed by atoms with E-state index in [9.17, 15) is 0 Å². The SMILES string of the molecule is CC(C)N(C)CCCNCCCSCc1ccccc1. The quantitative estimate of drug-likeness (QED) is 0.627. The van der Waals surface area contributed by atoms with Gasteiger partial charge < -0.3 is 10.2 Å². The normalized spacial score (nSPS) is 11.4. The van der Waals surface area contributed by atoms with Crippen LogP contribution in [0.4, 0.5) is 0 Å². The fraction of sp³-hybridized carbons (Fsp3) is 0.647. The summed E-state index contributed by atoms with van der Waals surface area (Å²) >= 11 is 2.03. The maximum atomic E-state index is 3.54. The van der Waals surface area contributed by atoms with Crippen molar-refractivity contribution in [2.75, 3.05) is 32.4 Å². The number of nitrogens with one attached hydrogen (secondary N) is 1. The lowest BCUT2D eigenvalue weighted by Crippen LogP contribution is -2.29. The Balaban J connectivity index is 1.86. The molecular formula is C17H30N2S. The van der Waals surface area contributed by atoms with Gasteiger partial charge in [-0.25, -0.2) is 0 Å². The van der Waals surface area contributed by atoms with Crippen LogP contribution >= 0.6 is 11.8 Å². The maximum absolute atomic E-state index is 3.54. The van der Waals surface area contributed by atoms with Gasteiger partial charge in [-0.3, -0.25) is 0 Å². The van der Waals surface area contributed by atoms with Gasteiger partial charge in [-0.15, -0.1) is 0 Å². The molecule has 0 aromatic heterocycles. The molecule has 0 bridgehead atoms. The number of hydrogen-bond acceptors (Lipinski definition) is 3. The zero-order valence-electron chi connectivity index (χ0n) is 13.3. The predicted octanol–water partition coefficient (Wildman–Crippen LogP) is 3.63. The van der Waals surface area contributed by atoms with Crippen molar-refractivity contribution < 1.29 is 0 Å². The van der Waals surface area contributed by atoms with Crippen molar-refractivity contribution in [1.29, 1.82) is 0 Å². The zero-order valence-corrected chi connectivity index (χ0v) is 14.1. The van der Waals surface area contributed by atoms with Gasteiger partial charge in [0.05, 0.1) is 0 Å². The van der Waals surface area contributed by atoms with Crippen molar-refractivity contribution in [3.8, 4) is 0 Å². The van der Waals surface area contributed by atoms with E-state index in [0.717, 1.165) is 18.8 Å². The molecule has 0 heterocycles. The first-order chi connectivity index (χ1) is 9.70. The van der Waals surface area contributed by atoms with Gasteiger partial charge in [-0.05, 0) is 64.7 Å². The lowest BCUT2D eigenvalue weighted by molar-refractivity contribution is 0.269. The van der Waals surface area contributed by atoms with Crippen molar-refractivity contribution >= 4 is 11.8 Å². The Morgan fingerprint density at radius 2 is 1.80 bits per heavy atom. The summed E-state index contributed by atoms with van der Waals surface area (Å²) in [6.07, 6.45) is 2.50. The highest BCUT2D eigenvalue weighted by atomic mass is 32.2. The molecule has 0 unspecified atom stereocenters. The van der Waals surface area contributed by atoms with E-state index in [2.05, 4.69) is 61.4 Å². The number of rotatable bonds is 11. The predicted molar refractivity (Wildman–Crippen MR) is 92.5 cm³/mol. The van der Waals surface area contributed by atoms with Crippen LogP contribution < -0.4 is 5.32 Å². The lowest BCUT2D eigenvalue weighted by Gasteiger charge is -2.20. The summed E-state index contributed by atoms with van der Waals surface area (Å²) in [6.45, 7) is 7.97. The fourth-order valence-electron chi connectivity index (χ4n) is 1.90. The van der Waals surface area contributed by atoms with E-state index < -0.39 is 0 Å².